The minimum atomic E-state index is -0.325. The van der Waals surface area contributed by atoms with E-state index in [1.54, 1.807) is 31.2 Å². The number of nitrogens with zero attached hydrogens (tertiary/aromatic N) is 1. The van der Waals surface area contributed by atoms with Crippen molar-refractivity contribution in [3.8, 4) is 0 Å². The van der Waals surface area contributed by atoms with Crippen molar-refractivity contribution in [2.75, 3.05) is 11.9 Å². The Morgan fingerprint density at radius 3 is 2.81 bits per heavy atom. The summed E-state index contributed by atoms with van der Waals surface area (Å²) in [7, 11) is 0. The summed E-state index contributed by atoms with van der Waals surface area (Å²) in [6.45, 7) is 1.81. The number of thiazole rings is 1. The molecule has 134 valence electrons. The van der Waals surface area contributed by atoms with Crippen LogP contribution in [0.2, 0.25) is 4.47 Å². The van der Waals surface area contributed by atoms with Crippen LogP contribution in [-0.2, 0) is 4.79 Å². The molecular weight excluding hydrogens is 377 g/mol. The lowest BCUT2D eigenvalue weighted by molar-refractivity contribution is -0.116. The molecule has 0 radical (unpaired) electrons. The molecule has 2 N–H and O–H groups in total. The number of benzene rings is 2. The van der Waals surface area contributed by atoms with Gasteiger partial charge in [0.05, 0.1) is 10.2 Å². The molecule has 1 aromatic heterocycles. The molecule has 2 amide bonds. The first-order valence-corrected chi connectivity index (χ1v) is 9.02. The van der Waals surface area contributed by atoms with Gasteiger partial charge < -0.3 is 10.6 Å². The Hall–Kier alpha value is -2.51. The van der Waals surface area contributed by atoms with Crippen molar-refractivity contribution in [1.82, 2.24) is 10.3 Å². The fourth-order valence-electron chi connectivity index (χ4n) is 2.38. The number of aryl methyl sites for hydroxylation is 1. The number of hydrogen-bond acceptors (Lipinski definition) is 4. The second-order valence-electron chi connectivity index (χ2n) is 5.67. The smallest absolute Gasteiger partial charge is 0.251 e. The van der Waals surface area contributed by atoms with Crippen LogP contribution in [0.3, 0.4) is 0 Å². The zero-order valence-corrected chi connectivity index (χ0v) is 15.4. The molecular formula is C18H15ClFN3O2S. The third kappa shape index (κ3) is 4.36. The van der Waals surface area contributed by atoms with Crippen LogP contribution in [0.5, 0.6) is 0 Å². The summed E-state index contributed by atoms with van der Waals surface area (Å²) in [5.41, 5.74) is 2.19. The van der Waals surface area contributed by atoms with E-state index in [0.29, 0.717) is 21.3 Å². The second kappa shape index (κ2) is 7.80. The van der Waals surface area contributed by atoms with Crippen LogP contribution in [0, 0.1) is 12.7 Å². The van der Waals surface area contributed by atoms with Gasteiger partial charge in [-0.2, -0.15) is 0 Å². The van der Waals surface area contributed by atoms with Gasteiger partial charge in [0.25, 0.3) is 5.91 Å². The molecule has 0 bridgehead atoms. The fraction of sp³-hybridized carbons (Fsp3) is 0.167. The summed E-state index contributed by atoms with van der Waals surface area (Å²) in [4.78, 5) is 28.2. The number of halogens is 2. The van der Waals surface area contributed by atoms with Gasteiger partial charge in [-0.3, -0.25) is 9.59 Å². The van der Waals surface area contributed by atoms with E-state index in [2.05, 4.69) is 15.6 Å². The van der Waals surface area contributed by atoms with E-state index in [4.69, 9.17) is 11.6 Å². The number of rotatable bonds is 5. The average Bonchev–Trinajstić information content (AvgIpc) is 2.97. The Bertz CT molecular complexity index is 990. The van der Waals surface area contributed by atoms with Gasteiger partial charge in [-0.25, -0.2) is 9.37 Å². The van der Waals surface area contributed by atoms with Crippen LogP contribution in [0.1, 0.15) is 22.3 Å². The van der Waals surface area contributed by atoms with Gasteiger partial charge in [0.1, 0.15) is 5.82 Å². The van der Waals surface area contributed by atoms with Crippen LogP contribution in [0.25, 0.3) is 10.2 Å². The van der Waals surface area contributed by atoms with Gasteiger partial charge in [0.15, 0.2) is 4.47 Å². The molecule has 0 saturated heterocycles. The zero-order valence-electron chi connectivity index (χ0n) is 13.8. The third-order valence-electron chi connectivity index (χ3n) is 3.70. The Kier molecular flexibility index (Phi) is 5.49. The van der Waals surface area contributed by atoms with Gasteiger partial charge in [0, 0.05) is 24.2 Å². The van der Waals surface area contributed by atoms with E-state index < -0.39 is 0 Å². The lowest BCUT2D eigenvalue weighted by atomic mass is 10.2. The van der Waals surface area contributed by atoms with Gasteiger partial charge in [0.2, 0.25) is 5.91 Å². The molecule has 0 aliphatic carbocycles. The minimum absolute atomic E-state index is 0.108. The molecule has 1 heterocycles. The Labute approximate surface area is 158 Å². The molecule has 0 spiro atoms. The largest absolute Gasteiger partial charge is 0.352 e. The number of fused-ring (bicyclic) bond motifs is 1. The first-order valence-electron chi connectivity index (χ1n) is 7.82. The highest BCUT2D eigenvalue weighted by molar-refractivity contribution is 7.22. The number of anilines is 1. The second-order valence-corrected chi connectivity index (χ2v) is 7.28. The normalized spacial score (nSPS) is 10.7. The molecule has 0 fully saturated rings. The first-order chi connectivity index (χ1) is 12.4. The Morgan fingerprint density at radius 1 is 1.23 bits per heavy atom. The Balaban J connectivity index is 1.52. The highest BCUT2D eigenvalue weighted by atomic mass is 35.5. The maximum Gasteiger partial charge on any atom is 0.251 e. The number of hydrogen-bond donors (Lipinski definition) is 2. The highest BCUT2D eigenvalue weighted by Gasteiger charge is 2.10. The molecule has 0 atom stereocenters. The van der Waals surface area contributed by atoms with Crippen LogP contribution in [0.15, 0.2) is 36.4 Å². The lowest BCUT2D eigenvalue weighted by Crippen LogP contribution is -2.27. The van der Waals surface area contributed by atoms with Crippen molar-refractivity contribution < 1.29 is 14.0 Å². The van der Waals surface area contributed by atoms with Crippen LogP contribution < -0.4 is 10.6 Å². The topological polar surface area (TPSA) is 71.1 Å². The van der Waals surface area contributed by atoms with E-state index in [0.717, 1.165) is 10.2 Å². The number of amides is 2. The molecule has 3 rings (SSSR count). The number of carbonyl (C=O) groups excluding carboxylic acids is 2. The number of nitrogens with one attached hydrogen (secondary N) is 2. The molecule has 2 aromatic carbocycles. The molecule has 0 saturated carbocycles. The predicted molar refractivity (Wildman–Crippen MR) is 101 cm³/mol. The van der Waals surface area contributed by atoms with E-state index in [-0.39, 0.29) is 30.6 Å². The van der Waals surface area contributed by atoms with Crippen molar-refractivity contribution in [2.45, 2.75) is 13.3 Å². The molecule has 26 heavy (non-hydrogen) atoms. The van der Waals surface area contributed by atoms with Gasteiger partial charge in [-0.15, -0.1) is 11.3 Å². The predicted octanol–water partition coefficient (Wildman–Crippen LogP) is 4.16. The lowest BCUT2D eigenvalue weighted by Gasteiger charge is -2.08. The van der Waals surface area contributed by atoms with Crippen LogP contribution >= 0.6 is 22.9 Å². The van der Waals surface area contributed by atoms with Crippen molar-refractivity contribution >= 4 is 50.7 Å². The number of carbonyl (C=O) groups is 2. The van der Waals surface area contributed by atoms with E-state index >= 15 is 0 Å². The molecule has 5 nitrogen and oxygen atoms in total. The molecule has 0 aliphatic heterocycles. The van der Waals surface area contributed by atoms with E-state index in [1.807, 2.05) is 0 Å². The fourth-order valence-corrected chi connectivity index (χ4v) is 3.45. The number of aromatic nitrogens is 1. The SMILES string of the molecule is Cc1cc(NC(=O)CCNC(=O)c2ccc3nc(Cl)sc3c2)ccc1F. The quantitative estimate of drug-likeness (QED) is 0.686. The van der Waals surface area contributed by atoms with E-state index in [1.165, 1.54) is 23.5 Å². The summed E-state index contributed by atoms with van der Waals surface area (Å²) in [5, 5.41) is 5.37. The van der Waals surface area contributed by atoms with Gasteiger partial charge in [-0.05, 0) is 48.9 Å². The summed E-state index contributed by atoms with van der Waals surface area (Å²) in [5.74, 6) is -0.864. The monoisotopic (exact) mass is 391 g/mol. The van der Waals surface area contributed by atoms with Crippen molar-refractivity contribution in [3.63, 3.8) is 0 Å². The molecule has 0 aliphatic rings. The standard InChI is InChI=1S/C18H15ClFN3O2S/c1-10-8-12(3-4-13(10)20)22-16(24)6-7-21-17(25)11-2-5-14-15(9-11)26-18(19)23-14/h2-5,8-9H,6-7H2,1H3,(H,21,25)(H,22,24). The summed E-state index contributed by atoms with van der Waals surface area (Å²) < 4.78 is 14.5. The van der Waals surface area contributed by atoms with Gasteiger partial charge >= 0.3 is 0 Å². The van der Waals surface area contributed by atoms with Crippen LogP contribution in [0.4, 0.5) is 10.1 Å². The molecule has 3 aromatic rings. The van der Waals surface area contributed by atoms with Crippen molar-refractivity contribution in [2.24, 2.45) is 0 Å². The summed E-state index contributed by atoms with van der Waals surface area (Å²) in [6, 6.07) is 9.46. The highest BCUT2D eigenvalue weighted by Crippen LogP contribution is 2.26. The minimum Gasteiger partial charge on any atom is -0.352 e. The Morgan fingerprint density at radius 2 is 2.04 bits per heavy atom. The maximum atomic E-state index is 13.2. The van der Waals surface area contributed by atoms with Crippen molar-refractivity contribution in [3.05, 3.63) is 57.8 Å². The maximum absolute atomic E-state index is 13.2. The third-order valence-corrected chi connectivity index (χ3v) is 4.83. The average molecular weight is 392 g/mol. The first kappa shape index (κ1) is 18.3. The molecule has 8 heteroatoms. The summed E-state index contributed by atoms with van der Waals surface area (Å²) in [6.07, 6.45) is 0.108. The van der Waals surface area contributed by atoms with Crippen molar-refractivity contribution in [1.29, 1.82) is 0 Å². The zero-order chi connectivity index (χ0) is 18.7. The van der Waals surface area contributed by atoms with Gasteiger partial charge in [-0.1, -0.05) is 11.6 Å². The van der Waals surface area contributed by atoms with E-state index in [9.17, 15) is 14.0 Å². The van der Waals surface area contributed by atoms with Crippen LogP contribution in [-0.4, -0.2) is 23.3 Å². The summed E-state index contributed by atoms with van der Waals surface area (Å²) >= 11 is 7.16. The molecule has 0 unspecified atom stereocenters.